The zero-order valence-corrected chi connectivity index (χ0v) is 16.1. The van der Waals surface area contributed by atoms with Crippen LogP contribution < -0.4 is 15.4 Å². The average molecular weight is 362 g/mol. The highest BCUT2D eigenvalue weighted by Crippen LogP contribution is 2.21. The molecule has 2 N–H and O–H groups in total. The largest absolute Gasteiger partial charge is 0.496 e. The molecule has 27 heavy (non-hydrogen) atoms. The van der Waals surface area contributed by atoms with Crippen molar-refractivity contribution in [3.8, 4) is 5.75 Å². The summed E-state index contributed by atoms with van der Waals surface area (Å²) in [6, 6.07) is 18.3. The molecule has 0 saturated heterocycles. The molecule has 0 bridgehead atoms. The molecule has 0 aliphatic heterocycles. The monoisotopic (exact) mass is 362 g/mol. The number of anilines is 3. The third kappa shape index (κ3) is 4.97. The average Bonchev–Trinajstić information content (AvgIpc) is 2.68. The molecule has 3 rings (SSSR count). The van der Waals surface area contributed by atoms with Crippen molar-refractivity contribution in [2.45, 2.75) is 26.7 Å². The summed E-state index contributed by atoms with van der Waals surface area (Å²) in [6.07, 6.45) is 1.81. The number of aromatic nitrogens is 2. The van der Waals surface area contributed by atoms with Crippen LogP contribution in [0.4, 0.5) is 17.5 Å². The van der Waals surface area contributed by atoms with E-state index in [2.05, 4.69) is 51.8 Å². The van der Waals surface area contributed by atoms with E-state index in [1.165, 1.54) is 5.56 Å². The van der Waals surface area contributed by atoms with E-state index in [1.807, 2.05) is 37.3 Å². The molecule has 2 aromatic carbocycles. The normalized spacial score (nSPS) is 10.5. The number of aryl methyl sites for hydroxylation is 2. The number of rotatable bonds is 8. The van der Waals surface area contributed by atoms with E-state index < -0.39 is 0 Å². The van der Waals surface area contributed by atoms with Gasteiger partial charge in [0.2, 0.25) is 5.95 Å². The van der Waals surface area contributed by atoms with Gasteiger partial charge in [-0.15, -0.1) is 0 Å². The molecule has 0 saturated carbocycles. The third-order valence-corrected chi connectivity index (χ3v) is 4.39. The summed E-state index contributed by atoms with van der Waals surface area (Å²) in [7, 11) is 1.70. The van der Waals surface area contributed by atoms with Crippen molar-refractivity contribution in [2.24, 2.45) is 0 Å². The second kappa shape index (κ2) is 9.03. The lowest BCUT2D eigenvalue weighted by Crippen LogP contribution is -2.10. The quantitative estimate of drug-likeness (QED) is 0.605. The van der Waals surface area contributed by atoms with Crippen LogP contribution in [0.15, 0.2) is 54.6 Å². The van der Waals surface area contributed by atoms with Gasteiger partial charge >= 0.3 is 0 Å². The second-order valence-electron chi connectivity index (χ2n) is 6.34. The fourth-order valence-electron chi connectivity index (χ4n) is 3.02. The van der Waals surface area contributed by atoms with Crippen molar-refractivity contribution >= 4 is 17.5 Å². The first kappa shape index (κ1) is 18.7. The number of nitrogens with zero attached hydrogens (tertiary/aromatic N) is 2. The number of nitrogens with one attached hydrogen (secondary N) is 2. The van der Waals surface area contributed by atoms with Crippen LogP contribution in [0.2, 0.25) is 0 Å². The number of benzene rings is 2. The van der Waals surface area contributed by atoms with Gasteiger partial charge in [0.1, 0.15) is 11.6 Å². The topological polar surface area (TPSA) is 59.1 Å². The Kier molecular flexibility index (Phi) is 6.26. The van der Waals surface area contributed by atoms with Gasteiger partial charge in [-0.2, -0.15) is 4.98 Å². The molecule has 0 radical (unpaired) electrons. The van der Waals surface area contributed by atoms with Crippen molar-refractivity contribution in [2.75, 3.05) is 24.3 Å². The van der Waals surface area contributed by atoms with Crippen LogP contribution in [0.1, 0.15) is 23.7 Å². The van der Waals surface area contributed by atoms with Crippen LogP contribution in [0.3, 0.4) is 0 Å². The van der Waals surface area contributed by atoms with Crippen LogP contribution in [-0.4, -0.2) is 23.6 Å². The maximum atomic E-state index is 5.41. The molecule has 3 aromatic rings. The first-order valence-corrected chi connectivity index (χ1v) is 9.26. The molecule has 0 spiro atoms. The molecule has 0 amide bonds. The summed E-state index contributed by atoms with van der Waals surface area (Å²) >= 11 is 0. The van der Waals surface area contributed by atoms with E-state index in [-0.39, 0.29) is 0 Å². The molecule has 140 valence electrons. The predicted octanol–water partition coefficient (Wildman–Crippen LogP) is 4.75. The second-order valence-corrected chi connectivity index (χ2v) is 6.34. The Hall–Kier alpha value is -3.08. The summed E-state index contributed by atoms with van der Waals surface area (Å²) in [5.74, 6) is 2.33. The van der Waals surface area contributed by atoms with Crippen molar-refractivity contribution in [3.63, 3.8) is 0 Å². The van der Waals surface area contributed by atoms with Gasteiger partial charge in [0.25, 0.3) is 0 Å². The first-order chi connectivity index (χ1) is 13.2. The molecule has 0 fully saturated rings. The van der Waals surface area contributed by atoms with Crippen LogP contribution in [0.5, 0.6) is 5.75 Å². The van der Waals surface area contributed by atoms with Gasteiger partial charge in [-0.25, -0.2) is 4.98 Å². The van der Waals surface area contributed by atoms with E-state index in [0.717, 1.165) is 47.9 Å². The molecular formula is C22H26N4O. The maximum Gasteiger partial charge on any atom is 0.224 e. The summed E-state index contributed by atoms with van der Waals surface area (Å²) < 4.78 is 5.41. The van der Waals surface area contributed by atoms with E-state index in [9.17, 15) is 0 Å². The van der Waals surface area contributed by atoms with Crippen molar-refractivity contribution in [3.05, 3.63) is 71.4 Å². The molecular weight excluding hydrogens is 336 g/mol. The van der Waals surface area contributed by atoms with E-state index >= 15 is 0 Å². The lowest BCUT2D eigenvalue weighted by Gasteiger charge is -2.13. The number of para-hydroxylation sites is 2. The summed E-state index contributed by atoms with van der Waals surface area (Å²) in [4.78, 5) is 9.11. The smallest absolute Gasteiger partial charge is 0.224 e. The number of methoxy groups -OCH3 is 1. The van der Waals surface area contributed by atoms with Gasteiger partial charge in [0.05, 0.1) is 7.11 Å². The number of ether oxygens (including phenoxy) is 1. The van der Waals surface area contributed by atoms with Gasteiger partial charge < -0.3 is 15.4 Å². The van der Waals surface area contributed by atoms with Gasteiger partial charge in [0.15, 0.2) is 0 Å². The highest BCUT2D eigenvalue weighted by Gasteiger charge is 2.06. The van der Waals surface area contributed by atoms with E-state index in [0.29, 0.717) is 5.95 Å². The Morgan fingerprint density at radius 3 is 2.48 bits per heavy atom. The Labute approximate surface area is 160 Å². The molecule has 5 heteroatoms. The lowest BCUT2D eigenvalue weighted by atomic mass is 10.1. The minimum absolute atomic E-state index is 0.626. The molecule has 0 unspecified atom stereocenters. The van der Waals surface area contributed by atoms with Gasteiger partial charge in [0, 0.05) is 24.0 Å². The van der Waals surface area contributed by atoms with E-state index in [1.54, 1.807) is 7.11 Å². The van der Waals surface area contributed by atoms with Crippen LogP contribution in [0.25, 0.3) is 0 Å². The molecule has 0 aliphatic carbocycles. The summed E-state index contributed by atoms with van der Waals surface area (Å²) in [6.45, 7) is 4.86. The first-order valence-electron chi connectivity index (χ1n) is 9.26. The number of hydrogen-bond donors (Lipinski definition) is 2. The molecule has 1 aromatic heterocycles. The summed E-state index contributed by atoms with van der Waals surface area (Å²) in [5, 5.41) is 6.74. The SMILES string of the molecule is CCc1ccccc1Nc1cc(C)nc(NCCc2ccccc2OC)n1. The van der Waals surface area contributed by atoms with Crippen molar-refractivity contribution < 1.29 is 4.74 Å². The van der Waals surface area contributed by atoms with Crippen molar-refractivity contribution in [1.82, 2.24) is 9.97 Å². The Bertz CT molecular complexity index is 895. The summed E-state index contributed by atoms with van der Waals surface area (Å²) in [5.41, 5.74) is 4.43. The molecule has 1 heterocycles. The van der Waals surface area contributed by atoms with Crippen LogP contribution >= 0.6 is 0 Å². The van der Waals surface area contributed by atoms with Crippen molar-refractivity contribution in [1.29, 1.82) is 0 Å². The van der Waals surface area contributed by atoms with Crippen LogP contribution in [-0.2, 0) is 12.8 Å². The standard InChI is InChI=1S/C22H26N4O/c1-4-17-9-5-7-11-19(17)25-21-15-16(2)24-22(26-21)23-14-13-18-10-6-8-12-20(18)27-3/h5-12,15H,4,13-14H2,1-3H3,(H2,23,24,25,26). The van der Waals surface area contributed by atoms with Gasteiger partial charge in [-0.3, -0.25) is 0 Å². The fraction of sp³-hybridized carbons (Fsp3) is 0.273. The minimum Gasteiger partial charge on any atom is -0.496 e. The maximum absolute atomic E-state index is 5.41. The Balaban J connectivity index is 1.68. The minimum atomic E-state index is 0.626. The highest BCUT2D eigenvalue weighted by atomic mass is 16.5. The Morgan fingerprint density at radius 1 is 0.963 bits per heavy atom. The predicted molar refractivity (Wildman–Crippen MR) is 111 cm³/mol. The Morgan fingerprint density at radius 2 is 1.70 bits per heavy atom. The third-order valence-electron chi connectivity index (χ3n) is 4.39. The van der Waals surface area contributed by atoms with Crippen LogP contribution in [0, 0.1) is 6.92 Å². The lowest BCUT2D eigenvalue weighted by molar-refractivity contribution is 0.410. The van der Waals surface area contributed by atoms with Gasteiger partial charge in [-0.05, 0) is 43.0 Å². The zero-order valence-electron chi connectivity index (χ0n) is 16.1. The zero-order chi connectivity index (χ0) is 19.1. The number of hydrogen-bond acceptors (Lipinski definition) is 5. The molecule has 0 atom stereocenters. The molecule has 0 aliphatic rings. The van der Waals surface area contributed by atoms with E-state index in [4.69, 9.17) is 4.74 Å². The fourth-order valence-corrected chi connectivity index (χ4v) is 3.02. The molecule has 5 nitrogen and oxygen atoms in total. The highest BCUT2D eigenvalue weighted by molar-refractivity contribution is 5.61. The van der Waals surface area contributed by atoms with Gasteiger partial charge in [-0.1, -0.05) is 43.3 Å².